The van der Waals surface area contributed by atoms with Crippen molar-refractivity contribution in [3.8, 4) is 0 Å². The molecule has 2 atom stereocenters. The van der Waals surface area contributed by atoms with Crippen LogP contribution in [-0.4, -0.2) is 39.8 Å². The van der Waals surface area contributed by atoms with Crippen molar-refractivity contribution in [3.05, 3.63) is 35.9 Å². The second kappa shape index (κ2) is 5.14. The first-order chi connectivity index (χ1) is 9.26. The van der Waals surface area contributed by atoms with E-state index in [1.807, 2.05) is 12.1 Å². The van der Waals surface area contributed by atoms with Crippen LogP contribution in [0.4, 0.5) is 0 Å². The topological polar surface area (TPSA) is 75.5 Å². The number of nitrogens with zero attached hydrogens (tertiary/aromatic N) is 3. The summed E-state index contributed by atoms with van der Waals surface area (Å²) in [6, 6.07) is 3.84. The third kappa shape index (κ3) is 2.54. The van der Waals surface area contributed by atoms with E-state index in [0.717, 1.165) is 25.4 Å². The zero-order valence-electron chi connectivity index (χ0n) is 10.8. The molecular formula is C13H17N3O3. The first-order valence-electron chi connectivity index (χ1n) is 6.42. The van der Waals surface area contributed by atoms with Crippen LogP contribution >= 0.6 is 0 Å². The maximum absolute atomic E-state index is 9.51. The second-order valence-corrected chi connectivity index (χ2v) is 5.00. The normalized spacial score (nSPS) is 24.1. The molecule has 0 spiro atoms. The van der Waals surface area contributed by atoms with Gasteiger partial charge in [-0.15, -0.1) is 0 Å². The summed E-state index contributed by atoms with van der Waals surface area (Å²) in [6.07, 6.45) is 1.67. The van der Waals surface area contributed by atoms with Gasteiger partial charge in [0.2, 0.25) is 5.89 Å². The zero-order valence-corrected chi connectivity index (χ0v) is 10.8. The lowest BCUT2D eigenvalue weighted by molar-refractivity contribution is 0.203. The molecule has 19 heavy (non-hydrogen) atoms. The highest BCUT2D eigenvalue weighted by atomic mass is 16.5. The van der Waals surface area contributed by atoms with Crippen LogP contribution in [0.15, 0.2) is 27.3 Å². The summed E-state index contributed by atoms with van der Waals surface area (Å²) in [7, 11) is 0. The van der Waals surface area contributed by atoms with Gasteiger partial charge in [-0.25, -0.2) is 0 Å². The predicted octanol–water partition coefficient (Wildman–Crippen LogP) is 1.18. The lowest BCUT2D eigenvalue weighted by Crippen LogP contribution is -2.20. The number of likely N-dealkylation sites (tertiary alicyclic amines) is 1. The summed E-state index contributed by atoms with van der Waals surface area (Å²) < 4.78 is 10.6. The summed E-state index contributed by atoms with van der Waals surface area (Å²) in [5, 5.41) is 13.3. The van der Waals surface area contributed by atoms with Crippen molar-refractivity contribution in [1.29, 1.82) is 0 Å². The van der Waals surface area contributed by atoms with Crippen LogP contribution in [0.2, 0.25) is 0 Å². The Bertz CT molecular complexity index is 523. The van der Waals surface area contributed by atoms with Crippen molar-refractivity contribution >= 4 is 0 Å². The number of aryl methyl sites for hydroxylation is 1. The minimum Gasteiger partial charge on any atom is -0.468 e. The third-order valence-corrected chi connectivity index (χ3v) is 3.57. The molecule has 6 heteroatoms. The van der Waals surface area contributed by atoms with E-state index >= 15 is 0 Å². The number of aromatic nitrogens is 2. The number of hydrogen-bond acceptors (Lipinski definition) is 6. The Morgan fingerprint density at radius 2 is 2.37 bits per heavy atom. The molecule has 1 aliphatic heterocycles. The van der Waals surface area contributed by atoms with Gasteiger partial charge in [-0.2, -0.15) is 4.98 Å². The predicted molar refractivity (Wildman–Crippen MR) is 66.3 cm³/mol. The van der Waals surface area contributed by atoms with E-state index in [1.54, 1.807) is 13.2 Å². The molecule has 1 N–H and O–H groups in total. The van der Waals surface area contributed by atoms with E-state index in [-0.39, 0.29) is 18.4 Å². The number of aliphatic hydroxyl groups is 1. The number of aliphatic hydroxyl groups excluding tert-OH is 1. The first kappa shape index (κ1) is 12.4. The van der Waals surface area contributed by atoms with Gasteiger partial charge in [-0.3, -0.25) is 4.90 Å². The van der Waals surface area contributed by atoms with Gasteiger partial charge < -0.3 is 14.0 Å². The molecule has 3 rings (SSSR count). The summed E-state index contributed by atoms with van der Waals surface area (Å²) in [6.45, 7) is 4.28. The fourth-order valence-corrected chi connectivity index (χ4v) is 2.64. The number of hydrogen-bond donors (Lipinski definition) is 1. The van der Waals surface area contributed by atoms with Gasteiger partial charge in [-0.1, -0.05) is 5.16 Å². The van der Waals surface area contributed by atoms with Crippen molar-refractivity contribution in [2.75, 3.05) is 19.7 Å². The molecule has 0 bridgehead atoms. The van der Waals surface area contributed by atoms with Crippen LogP contribution < -0.4 is 0 Å². The molecule has 1 saturated heterocycles. The Balaban J connectivity index is 1.71. The largest absolute Gasteiger partial charge is 0.468 e. The second-order valence-electron chi connectivity index (χ2n) is 5.00. The van der Waals surface area contributed by atoms with Gasteiger partial charge in [0.05, 0.1) is 18.7 Å². The van der Waals surface area contributed by atoms with Crippen molar-refractivity contribution in [2.24, 2.45) is 5.92 Å². The Morgan fingerprint density at radius 3 is 3.00 bits per heavy atom. The van der Waals surface area contributed by atoms with Crippen LogP contribution in [0.3, 0.4) is 0 Å². The SMILES string of the molecule is Cc1noc([C@@H]2CN(Cc3ccco3)C[C@H]2CO)n1. The van der Waals surface area contributed by atoms with E-state index in [1.165, 1.54) is 0 Å². The third-order valence-electron chi connectivity index (χ3n) is 3.57. The molecule has 0 radical (unpaired) electrons. The molecule has 0 saturated carbocycles. The quantitative estimate of drug-likeness (QED) is 0.892. The monoisotopic (exact) mass is 263 g/mol. The van der Waals surface area contributed by atoms with Crippen LogP contribution in [0.25, 0.3) is 0 Å². The lowest BCUT2D eigenvalue weighted by Gasteiger charge is -2.12. The van der Waals surface area contributed by atoms with Crippen LogP contribution in [-0.2, 0) is 6.54 Å². The van der Waals surface area contributed by atoms with Crippen LogP contribution in [0.1, 0.15) is 23.4 Å². The standard InChI is InChI=1S/C13H17N3O3/c1-9-14-13(19-15-9)12-7-16(5-10(12)8-17)6-11-3-2-4-18-11/h2-4,10,12,17H,5-8H2,1H3/t10-,12+/m0/s1. The van der Waals surface area contributed by atoms with E-state index in [4.69, 9.17) is 8.94 Å². The molecule has 1 aliphatic rings. The smallest absolute Gasteiger partial charge is 0.231 e. The lowest BCUT2D eigenvalue weighted by atomic mass is 9.97. The van der Waals surface area contributed by atoms with Gasteiger partial charge >= 0.3 is 0 Å². The summed E-state index contributed by atoms with van der Waals surface area (Å²) in [5.41, 5.74) is 0. The molecule has 0 aromatic carbocycles. The molecule has 0 amide bonds. The molecule has 102 valence electrons. The minimum atomic E-state index is 0.0983. The van der Waals surface area contributed by atoms with E-state index in [0.29, 0.717) is 11.7 Å². The van der Waals surface area contributed by atoms with Crippen molar-refractivity contribution < 1.29 is 14.0 Å². The van der Waals surface area contributed by atoms with E-state index in [2.05, 4.69) is 15.0 Å². The molecule has 2 aromatic rings. The molecule has 3 heterocycles. The molecular weight excluding hydrogens is 246 g/mol. The first-order valence-corrected chi connectivity index (χ1v) is 6.42. The fourth-order valence-electron chi connectivity index (χ4n) is 2.64. The van der Waals surface area contributed by atoms with Gasteiger partial charge in [0, 0.05) is 25.6 Å². The molecule has 2 aromatic heterocycles. The molecule has 6 nitrogen and oxygen atoms in total. The van der Waals surface area contributed by atoms with Crippen LogP contribution in [0.5, 0.6) is 0 Å². The number of furan rings is 1. The van der Waals surface area contributed by atoms with E-state index < -0.39 is 0 Å². The van der Waals surface area contributed by atoms with Crippen molar-refractivity contribution in [3.63, 3.8) is 0 Å². The van der Waals surface area contributed by atoms with E-state index in [9.17, 15) is 5.11 Å². The fraction of sp³-hybridized carbons (Fsp3) is 0.538. The average Bonchev–Trinajstić information content (AvgIpc) is 3.10. The minimum absolute atomic E-state index is 0.0983. The van der Waals surface area contributed by atoms with Crippen LogP contribution in [0, 0.1) is 12.8 Å². The highest BCUT2D eigenvalue weighted by Gasteiger charge is 2.37. The molecule has 1 fully saturated rings. The Labute approximate surface area is 111 Å². The van der Waals surface area contributed by atoms with Crippen molar-refractivity contribution in [2.45, 2.75) is 19.4 Å². The summed E-state index contributed by atoms with van der Waals surface area (Å²) >= 11 is 0. The Hall–Kier alpha value is -1.66. The number of rotatable bonds is 4. The average molecular weight is 263 g/mol. The zero-order chi connectivity index (χ0) is 13.2. The van der Waals surface area contributed by atoms with Gasteiger partial charge in [-0.05, 0) is 19.1 Å². The summed E-state index contributed by atoms with van der Waals surface area (Å²) in [5.74, 6) is 2.42. The summed E-state index contributed by atoms with van der Waals surface area (Å²) in [4.78, 5) is 6.52. The Morgan fingerprint density at radius 1 is 1.47 bits per heavy atom. The molecule has 0 aliphatic carbocycles. The maximum atomic E-state index is 9.51. The highest BCUT2D eigenvalue weighted by molar-refractivity contribution is 5.05. The van der Waals surface area contributed by atoms with Gasteiger partial charge in [0.15, 0.2) is 5.82 Å². The highest BCUT2D eigenvalue weighted by Crippen LogP contribution is 2.32. The van der Waals surface area contributed by atoms with Gasteiger partial charge in [0.1, 0.15) is 5.76 Å². The molecule has 0 unspecified atom stereocenters. The maximum Gasteiger partial charge on any atom is 0.231 e. The van der Waals surface area contributed by atoms with Crippen molar-refractivity contribution in [1.82, 2.24) is 15.0 Å². The van der Waals surface area contributed by atoms with Gasteiger partial charge in [0.25, 0.3) is 0 Å². The Kier molecular flexibility index (Phi) is 3.35.